The van der Waals surface area contributed by atoms with Crippen molar-refractivity contribution in [1.82, 2.24) is 19.5 Å². The highest BCUT2D eigenvalue weighted by Gasteiger charge is 2.39. The van der Waals surface area contributed by atoms with E-state index in [1.807, 2.05) is 6.92 Å². The lowest BCUT2D eigenvalue weighted by Crippen LogP contribution is -2.53. The van der Waals surface area contributed by atoms with E-state index in [0.717, 1.165) is 6.42 Å². The molecule has 160 valence electrons. The van der Waals surface area contributed by atoms with Crippen molar-refractivity contribution in [3.05, 3.63) is 47.6 Å². The summed E-state index contributed by atoms with van der Waals surface area (Å²) in [5, 5.41) is 2.93. The molecule has 2 atom stereocenters. The van der Waals surface area contributed by atoms with Crippen LogP contribution in [0.3, 0.4) is 0 Å². The second kappa shape index (κ2) is 7.90. The Morgan fingerprint density at radius 2 is 2.23 bits per heavy atom. The van der Waals surface area contributed by atoms with Crippen LogP contribution in [-0.2, 0) is 9.53 Å². The maximum atomic E-state index is 13.6. The molecule has 1 fully saturated rings. The van der Waals surface area contributed by atoms with Crippen LogP contribution in [-0.4, -0.2) is 50.7 Å². The lowest BCUT2D eigenvalue weighted by molar-refractivity contribution is -0.117. The molecule has 2 aromatic heterocycles. The predicted octanol–water partition coefficient (Wildman–Crippen LogP) is 3.45. The van der Waals surface area contributed by atoms with Crippen molar-refractivity contribution in [1.29, 1.82) is 0 Å². The average molecular weight is 443 g/mol. The molecule has 0 bridgehead atoms. The first kappa shape index (κ1) is 19.9. The third-order valence-electron chi connectivity index (χ3n) is 5.62. The van der Waals surface area contributed by atoms with Gasteiger partial charge < -0.3 is 15.0 Å². The number of anilines is 2. The Bertz CT molecular complexity index is 1150. The van der Waals surface area contributed by atoms with Gasteiger partial charge >= 0.3 is 0 Å². The van der Waals surface area contributed by atoms with Crippen molar-refractivity contribution < 1.29 is 13.9 Å². The molecule has 0 aliphatic carbocycles. The maximum absolute atomic E-state index is 13.6. The number of halogens is 2. The average Bonchev–Trinajstić information content (AvgIpc) is 3.46. The van der Waals surface area contributed by atoms with Gasteiger partial charge in [-0.1, -0.05) is 18.5 Å². The summed E-state index contributed by atoms with van der Waals surface area (Å²) in [7, 11) is 0. The smallest absolute Gasteiger partial charge is 0.247 e. The Morgan fingerprint density at radius 1 is 1.35 bits per heavy atom. The fourth-order valence-corrected chi connectivity index (χ4v) is 4.30. The molecule has 4 heterocycles. The number of amides is 1. The van der Waals surface area contributed by atoms with E-state index in [4.69, 9.17) is 21.3 Å². The molecule has 0 radical (unpaired) electrons. The van der Waals surface area contributed by atoms with E-state index in [0.29, 0.717) is 48.5 Å². The minimum absolute atomic E-state index is 0.0133. The molecule has 3 aromatic rings. The molecule has 10 heteroatoms. The zero-order valence-electron chi connectivity index (χ0n) is 16.8. The lowest BCUT2D eigenvalue weighted by atomic mass is 10.0. The third-order valence-corrected chi connectivity index (χ3v) is 5.91. The molecule has 1 amide bonds. The minimum Gasteiger partial charge on any atom is -0.379 e. The van der Waals surface area contributed by atoms with E-state index >= 15 is 0 Å². The zero-order valence-corrected chi connectivity index (χ0v) is 17.5. The molecule has 1 saturated heterocycles. The first-order valence-electron chi connectivity index (χ1n) is 10.1. The van der Waals surface area contributed by atoms with Gasteiger partial charge in [0.2, 0.25) is 11.9 Å². The number of carbonyl (C=O) groups is 1. The zero-order chi connectivity index (χ0) is 21.5. The molecule has 2 aliphatic rings. The molecule has 0 spiro atoms. The van der Waals surface area contributed by atoms with Gasteiger partial charge in [0.05, 0.1) is 23.9 Å². The van der Waals surface area contributed by atoms with Gasteiger partial charge in [-0.25, -0.2) is 14.4 Å². The van der Waals surface area contributed by atoms with Crippen molar-refractivity contribution in [2.75, 3.05) is 23.4 Å². The van der Waals surface area contributed by atoms with Crippen LogP contribution in [0, 0.1) is 5.82 Å². The van der Waals surface area contributed by atoms with Crippen LogP contribution in [0.15, 0.2) is 36.8 Å². The van der Waals surface area contributed by atoms with Crippen LogP contribution in [0.1, 0.15) is 19.8 Å². The normalized spacial score (nSPS) is 20.6. The second-order valence-corrected chi connectivity index (χ2v) is 7.90. The van der Waals surface area contributed by atoms with Crippen LogP contribution in [0.2, 0.25) is 5.02 Å². The molecule has 2 aliphatic heterocycles. The maximum Gasteiger partial charge on any atom is 0.247 e. The van der Waals surface area contributed by atoms with Crippen molar-refractivity contribution in [3.8, 4) is 17.3 Å². The van der Waals surface area contributed by atoms with Gasteiger partial charge in [0, 0.05) is 24.6 Å². The van der Waals surface area contributed by atoms with Crippen molar-refractivity contribution >= 4 is 29.0 Å². The Balaban J connectivity index is 1.59. The van der Waals surface area contributed by atoms with Crippen molar-refractivity contribution in [2.24, 2.45) is 0 Å². The molecule has 1 N–H and O–H groups in total. The van der Waals surface area contributed by atoms with E-state index in [1.54, 1.807) is 29.2 Å². The first-order valence-corrected chi connectivity index (χ1v) is 10.5. The number of carbonyl (C=O) groups excluding carboxylic acids is 1. The highest BCUT2D eigenvalue weighted by molar-refractivity contribution is 6.31. The number of nitrogens with one attached hydrogen (secondary N) is 1. The molecule has 31 heavy (non-hydrogen) atoms. The fourth-order valence-electron chi connectivity index (χ4n) is 4.12. The number of ether oxygens (including phenoxy) is 1. The summed E-state index contributed by atoms with van der Waals surface area (Å²) >= 11 is 5.96. The molecular weight excluding hydrogens is 423 g/mol. The van der Waals surface area contributed by atoms with Crippen LogP contribution in [0.5, 0.6) is 0 Å². The van der Waals surface area contributed by atoms with Crippen LogP contribution < -0.4 is 10.2 Å². The number of fused-ring (bicyclic) bond motifs is 1. The quantitative estimate of drug-likeness (QED) is 0.666. The van der Waals surface area contributed by atoms with Crippen LogP contribution in [0.4, 0.5) is 15.9 Å². The number of rotatable bonds is 4. The highest BCUT2D eigenvalue weighted by atomic mass is 35.5. The summed E-state index contributed by atoms with van der Waals surface area (Å²) in [4.78, 5) is 28.3. The number of aromatic nitrogens is 4. The Hall–Kier alpha value is -3.04. The van der Waals surface area contributed by atoms with Gasteiger partial charge in [-0.15, -0.1) is 0 Å². The van der Waals surface area contributed by atoms with E-state index in [-0.39, 0.29) is 23.0 Å². The van der Waals surface area contributed by atoms with Crippen LogP contribution >= 0.6 is 11.6 Å². The number of hydrogen-bond donors (Lipinski definition) is 1. The number of nitrogens with zero attached hydrogens (tertiary/aromatic N) is 5. The third kappa shape index (κ3) is 3.43. The van der Waals surface area contributed by atoms with E-state index < -0.39 is 5.82 Å². The topological polar surface area (TPSA) is 85.2 Å². The summed E-state index contributed by atoms with van der Waals surface area (Å²) in [6, 6.07) is 4.15. The number of benzene rings is 1. The largest absolute Gasteiger partial charge is 0.379 e. The molecule has 8 nitrogen and oxygen atoms in total. The van der Waals surface area contributed by atoms with Crippen LogP contribution in [0.25, 0.3) is 17.3 Å². The summed E-state index contributed by atoms with van der Waals surface area (Å²) in [6.07, 6.45) is 6.43. The minimum atomic E-state index is -0.496. The van der Waals surface area contributed by atoms with Crippen molar-refractivity contribution in [2.45, 2.75) is 31.8 Å². The van der Waals surface area contributed by atoms with Gasteiger partial charge in [-0.05, 0) is 31.0 Å². The number of imidazole rings is 1. The molecule has 1 aromatic carbocycles. The van der Waals surface area contributed by atoms with E-state index in [2.05, 4.69) is 20.2 Å². The first-order chi connectivity index (χ1) is 15.1. The summed E-state index contributed by atoms with van der Waals surface area (Å²) in [5.41, 5.74) is 1.20. The van der Waals surface area contributed by atoms with Gasteiger partial charge in [-0.2, -0.15) is 4.98 Å². The number of hydrogen-bond acceptors (Lipinski definition) is 6. The van der Waals surface area contributed by atoms with E-state index in [1.165, 1.54) is 12.1 Å². The fraction of sp³-hybridized carbons (Fsp3) is 0.333. The Kier molecular flexibility index (Phi) is 5.07. The molecule has 5 rings (SSSR count). The Morgan fingerprint density at radius 3 is 2.97 bits per heavy atom. The van der Waals surface area contributed by atoms with Gasteiger partial charge in [0.1, 0.15) is 23.4 Å². The predicted molar refractivity (Wildman–Crippen MR) is 114 cm³/mol. The molecule has 0 saturated carbocycles. The second-order valence-electron chi connectivity index (χ2n) is 7.50. The summed E-state index contributed by atoms with van der Waals surface area (Å²) < 4.78 is 20.9. The highest BCUT2D eigenvalue weighted by Crippen LogP contribution is 2.35. The molecular formula is C21H20ClFN6O2. The standard InChI is InChI=1S/C21H20ClFN6O2/c1-2-17-20(30)26-16-10-25-21(27-19(16)29(17)13-5-8-31-11-13)28-7-6-24-18(28)12-3-4-15(23)14(22)9-12/h3-4,6-7,9-10,13,17H,2,5,8,11H2,1H3,(H,26,30). The van der Waals surface area contributed by atoms with Gasteiger partial charge in [-0.3, -0.25) is 9.36 Å². The monoisotopic (exact) mass is 442 g/mol. The Labute approximate surface area is 183 Å². The van der Waals surface area contributed by atoms with E-state index in [9.17, 15) is 9.18 Å². The molecule has 2 unspecified atom stereocenters. The van der Waals surface area contributed by atoms with Gasteiger partial charge in [0.25, 0.3) is 0 Å². The van der Waals surface area contributed by atoms with Gasteiger partial charge in [0.15, 0.2) is 5.82 Å². The summed E-state index contributed by atoms with van der Waals surface area (Å²) in [5.74, 6) is 1.02. The summed E-state index contributed by atoms with van der Waals surface area (Å²) in [6.45, 7) is 3.18. The SMILES string of the molecule is CCC1C(=O)Nc2cnc(-n3ccnc3-c3ccc(F)c(Cl)c3)nc2N1C1CCOC1. The van der Waals surface area contributed by atoms with Crippen molar-refractivity contribution in [3.63, 3.8) is 0 Å². The lowest BCUT2D eigenvalue weighted by Gasteiger charge is -2.39.